The van der Waals surface area contributed by atoms with Crippen LogP contribution < -0.4 is 10.6 Å². The topological polar surface area (TPSA) is 44.2 Å². The highest BCUT2D eigenvalue weighted by atomic mass is 16.5. The summed E-state index contributed by atoms with van der Waals surface area (Å²) in [7, 11) is 3.20. The summed E-state index contributed by atoms with van der Waals surface area (Å²) in [5.74, 6) is 2.07. The second-order valence-corrected chi connectivity index (χ2v) is 3.69. The molecule has 0 bridgehead atoms. The standard InChI is InChI=1S/C13H18N2O2/c1-8-12(9(2)15-11(4)14-8)7-13(17-6)10(3)16-5/h7H,1H2,2-6H3/b12-7+,13-10-. The summed E-state index contributed by atoms with van der Waals surface area (Å²) >= 11 is 0. The van der Waals surface area contributed by atoms with Crippen molar-refractivity contribution >= 4 is 12.7 Å². The number of hydrogen-bond donors (Lipinski definition) is 0. The molecule has 0 aliphatic carbocycles. The number of hydrogen-bond acceptors (Lipinski definition) is 4. The normalized spacial score (nSPS) is 13.4. The molecule has 0 unspecified atom stereocenters. The first-order chi connectivity index (χ1) is 7.99. The summed E-state index contributed by atoms with van der Waals surface area (Å²) in [5, 5.41) is 1.55. The van der Waals surface area contributed by atoms with E-state index >= 15 is 0 Å². The average Bonchev–Trinajstić information content (AvgIpc) is 2.27. The van der Waals surface area contributed by atoms with Crippen LogP contribution in [0.15, 0.2) is 11.5 Å². The van der Waals surface area contributed by atoms with Gasteiger partial charge in [0.05, 0.1) is 19.6 Å². The molecular weight excluding hydrogens is 216 g/mol. The highest BCUT2D eigenvalue weighted by Gasteiger charge is 2.02. The van der Waals surface area contributed by atoms with Gasteiger partial charge in [-0.05, 0) is 26.8 Å². The second kappa shape index (κ2) is 5.48. The van der Waals surface area contributed by atoms with Gasteiger partial charge in [0.15, 0.2) is 5.76 Å². The van der Waals surface area contributed by atoms with E-state index in [0.29, 0.717) is 16.9 Å². The Bertz CT molecular complexity index is 547. The van der Waals surface area contributed by atoms with E-state index in [9.17, 15) is 0 Å². The van der Waals surface area contributed by atoms with Crippen LogP contribution in [0.25, 0.3) is 12.7 Å². The molecule has 4 heteroatoms. The predicted molar refractivity (Wildman–Crippen MR) is 67.5 cm³/mol. The maximum absolute atomic E-state index is 5.26. The van der Waals surface area contributed by atoms with Crippen LogP contribution in [0.1, 0.15) is 18.4 Å². The Kier molecular flexibility index (Phi) is 4.26. The first-order valence-electron chi connectivity index (χ1n) is 5.30. The van der Waals surface area contributed by atoms with Gasteiger partial charge in [-0.2, -0.15) is 0 Å². The number of aromatic nitrogens is 2. The molecule has 92 valence electrons. The van der Waals surface area contributed by atoms with Crippen LogP contribution >= 0.6 is 0 Å². The molecule has 0 atom stereocenters. The summed E-state index contributed by atoms with van der Waals surface area (Å²) in [4.78, 5) is 8.54. The van der Waals surface area contributed by atoms with Crippen molar-refractivity contribution in [3.05, 3.63) is 33.6 Å². The monoisotopic (exact) mass is 234 g/mol. The maximum atomic E-state index is 5.26. The van der Waals surface area contributed by atoms with Crippen LogP contribution in [-0.4, -0.2) is 24.2 Å². The predicted octanol–water partition coefficient (Wildman–Crippen LogP) is 0.809. The van der Waals surface area contributed by atoms with Crippen molar-refractivity contribution in [1.82, 2.24) is 9.97 Å². The minimum absolute atomic E-state index is 0.646. The molecule has 1 heterocycles. The zero-order valence-corrected chi connectivity index (χ0v) is 11.0. The first kappa shape index (κ1) is 13.2. The van der Waals surface area contributed by atoms with E-state index in [-0.39, 0.29) is 0 Å². The number of rotatable bonds is 3. The van der Waals surface area contributed by atoms with E-state index < -0.39 is 0 Å². The number of ether oxygens (including phenoxy) is 2. The highest BCUT2D eigenvalue weighted by Crippen LogP contribution is 2.06. The van der Waals surface area contributed by atoms with Gasteiger partial charge in [0.2, 0.25) is 0 Å². The second-order valence-electron chi connectivity index (χ2n) is 3.69. The average molecular weight is 234 g/mol. The molecule has 0 amide bonds. The lowest BCUT2D eigenvalue weighted by Crippen LogP contribution is -2.32. The van der Waals surface area contributed by atoms with Gasteiger partial charge in [0.25, 0.3) is 0 Å². The van der Waals surface area contributed by atoms with Crippen molar-refractivity contribution in [3.63, 3.8) is 0 Å². The van der Waals surface area contributed by atoms with Crippen molar-refractivity contribution < 1.29 is 9.47 Å². The third-order valence-corrected chi connectivity index (χ3v) is 2.48. The Morgan fingerprint density at radius 3 is 2.29 bits per heavy atom. The van der Waals surface area contributed by atoms with Crippen LogP contribution in [0.2, 0.25) is 0 Å². The fraction of sp³-hybridized carbons (Fsp3) is 0.385. The van der Waals surface area contributed by atoms with Crippen molar-refractivity contribution in [3.8, 4) is 0 Å². The van der Waals surface area contributed by atoms with Gasteiger partial charge in [-0.1, -0.05) is 6.58 Å². The van der Waals surface area contributed by atoms with Crippen LogP contribution in [0, 0.1) is 13.8 Å². The molecule has 0 N–H and O–H groups in total. The fourth-order valence-corrected chi connectivity index (χ4v) is 1.52. The summed E-state index contributed by atoms with van der Waals surface area (Å²) in [6, 6.07) is 0. The molecule has 0 aromatic carbocycles. The first-order valence-corrected chi connectivity index (χ1v) is 5.30. The Morgan fingerprint density at radius 1 is 1.18 bits per heavy atom. The van der Waals surface area contributed by atoms with E-state index in [0.717, 1.165) is 16.7 Å². The quantitative estimate of drug-likeness (QED) is 0.726. The van der Waals surface area contributed by atoms with Crippen molar-refractivity contribution in [2.24, 2.45) is 0 Å². The van der Waals surface area contributed by atoms with Crippen molar-refractivity contribution in [2.75, 3.05) is 14.2 Å². The van der Waals surface area contributed by atoms with Gasteiger partial charge in [0.1, 0.15) is 11.6 Å². The molecule has 0 saturated carbocycles. The third kappa shape index (κ3) is 3.06. The van der Waals surface area contributed by atoms with Gasteiger partial charge in [-0.3, -0.25) is 0 Å². The van der Waals surface area contributed by atoms with Crippen LogP contribution in [0.3, 0.4) is 0 Å². The SMILES string of the molecule is C=c1nc(C)nc(C)/c1=C/C(OC)=C(\C)OC. The largest absolute Gasteiger partial charge is 0.498 e. The number of aryl methyl sites for hydroxylation is 2. The Hall–Kier alpha value is -1.84. The lowest BCUT2D eigenvalue weighted by atomic mass is 10.2. The smallest absolute Gasteiger partial charge is 0.156 e. The summed E-state index contributed by atoms with van der Waals surface area (Å²) < 4.78 is 10.4. The zero-order chi connectivity index (χ0) is 13.0. The molecule has 4 nitrogen and oxygen atoms in total. The zero-order valence-electron chi connectivity index (χ0n) is 11.0. The Balaban J connectivity index is 3.49. The van der Waals surface area contributed by atoms with E-state index in [1.807, 2.05) is 26.8 Å². The van der Waals surface area contributed by atoms with E-state index in [2.05, 4.69) is 16.5 Å². The minimum atomic E-state index is 0.646. The van der Waals surface area contributed by atoms with Crippen LogP contribution in [-0.2, 0) is 9.47 Å². The molecule has 0 fully saturated rings. The van der Waals surface area contributed by atoms with Crippen LogP contribution in [0.5, 0.6) is 0 Å². The Morgan fingerprint density at radius 2 is 1.82 bits per heavy atom. The molecule has 17 heavy (non-hydrogen) atoms. The van der Waals surface area contributed by atoms with E-state index in [1.165, 1.54) is 0 Å². The van der Waals surface area contributed by atoms with Gasteiger partial charge in [-0.25, -0.2) is 9.97 Å². The van der Waals surface area contributed by atoms with E-state index in [4.69, 9.17) is 9.47 Å². The highest BCUT2D eigenvalue weighted by molar-refractivity contribution is 5.44. The molecule has 1 aromatic heterocycles. The molecule has 0 aliphatic heterocycles. The van der Waals surface area contributed by atoms with Crippen molar-refractivity contribution in [1.29, 1.82) is 0 Å². The third-order valence-electron chi connectivity index (χ3n) is 2.48. The maximum Gasteiger partial charge on any atom is 0.156 e. The lowest BCUT2D eigenvalue weighted by molar-refractivity contribution is 0.236. The molecule has 1 aromatic rings. The van der Waals surface area contributed by atoms with Gasteiger partial charge in [-0.15, -0.1) is 0 Å². The molecule has 0 radical (unpaired) electrons. The fourth-order valence-electron chi connectivity index (χ4n) is 1.52. The van der Waals surface area contributed by atoms with Crippen molar-refractivity contribution in [2.45, 2.75) is 20.8 Å². The summed E-state index contributed by atoms with van der Waals surface area (Å²) in [6.07, 6.45) is 1.84. The van der Waals surface area contributed by atoms with Gasteiger partial charge in [0, 0.05) is 10.9 Å². The molecule has 0 aliphatic rings. The van der Waals surface area contributed by atoms with Gasteiger partial charge >= 0.3 is 0 Å². The number of nitrogens with zero attached hydrogens (tertiary/aromatic N) is 2. The molecule has 1 rings (SSSR count). The van der Waals surface area contributed by atoms with E-state index in [1.54, 1.807) is 14.2 Å². The minimum Gasteiger partial charge on any atom is -0.498 e. The summed E-state index contributed by atoms with van der Waals surface area (Å²) in [5.41, 5.74) is 0.876. The molecule has 0 saturated heterocycles. The lowest BCUT2D eigenvalue weighted by Gasteiger charge is -2.06. The molecular formula is C13H18N2O2. The number of methoxy groups -OCH3 is 2. The van der Waals surface area contributed by atoms with Crippen LogP contribution in [0.4, 0.5) is 0 Å². The van der Waals surface area contributed by atoms with Gasteiger partial charge < -0.3 is 9.47 Å². The number of allylic oxidation sites excluding steroid dienone is 2. The summed E-state index contributed by atoms with van der Waals surface area (Å²) in [6.45, 7) is 9.52. The molecule has 0 spiro atoms. The Labute approximate surface area is 101 Å².